The van der Waals surface area contributed by atoms with Crippen LogP contribution in [0.25, 0.3) is 0 Å². The highest BCUT2D eigenvalue weighted by molar-refractivity contribution is 5.64. The van der Waals surface area contributed by atoms with Crippen LogP contribution in [0.2, 0.25) is 0 Å². The van der Waals surface area contributed by atoms with Crippen molar-refractivity contribution in [3.63, 3.8) is 0 Å². The molecule has 1 fully saturated rings. The summed E-state index contributed by atoms with van der Waals surface area (Å²) in [6.07, 6.45) is 2.50. The molecule has 0 spiro atoms. The number of rotatable bonds is 5. The molecule has 0 aromatic heterocycles. The number of hydrazine groups is 1. The minimum absolute atomic E-state index is 0.0538. The van der Waals surface area contributed by atoms with Gasteiger partial charge in [-0.25, -0.2) is 0 Å². The van der Waals surface area contributed by atoms with E-state index in [1.54, 1.807) is 6.07 Å². The van der Waals surface area contributed by atoms with Gasteiger partial charge in [0.05, 0.1) is 10.6 Å². The molecule has 0 aliphatic heterocycles. The van der Waals surface area contributed by atoms with Crippen molar-refractivity contribution < 1.29 is 4.92 Å². The van der Waals surface area contributed by atoms with Crippen molar-refractivity contribution in [1.82, 2.24) is 0 Å². The number of anilines is 2. The van der Waals surface area contributed by atoms with E-state index in [-0.39, 0.29) is 5.69 Å². The number of nitro groups is 1. The number of hydrogen-bond donors (Lipinski definition) is 2. The average molecular weight is 236 g/mol. The number of benzene rings is 1. The van der Waals surface area contributed by atoms with Crippen LogP contribution < -0.4 is 16.2 Å². The summed E-state index contributed by atoms with van der Waals surface area (Å²) in [7, 11) is 1.94. The molecule has 0 saturated heterocycles. The molecule has 1 aliphatic carbocycles. The second-order valence-electron chi connectivity index (χ2n) is 4.46. The summed E-state index contributed by atoms with van der Waals surface area (Å²) in [5.74, 6) is 6.04. The second kappa shape index (κ2) is 4.58. The number of nitrogens with zero attached hydrogens (tertiary/aromatic N) is 2. The first kappa shape index (κ1) is 11.7. The molecule has 2 rings (SSSR count). The van der Waals surface area contributed by atoms with Gasteiger partial charge in [-0.2, -0.15) is 0 Å². The van der Waals surface area contributed by atoms with Crippen molar-refractivity contribution in [2.24, 2.45) is 11.8 Å². The highest BCUT2D eigenvalue weighted by atomic mass is 16.6. The van der Waals surface area contributed by atoms with Crippen molar-refractivity contribution >= 4 is 17.1 Å². The van der Waals surface area contributed by atoms with Gasteiger partial charge in [0.2, 0.25) is 0 Å². The number of nitro benzene ring substituents is 1. The number of nitrogens with two attached hydrogens (primary N) is 1. The maximum atomic E-state index is 10.8. The molecule has 0 heterocycles. The van der Waals surface area contributed by atoms with E-state index in [2.05, 4.69) is 5.43 Å². The zero-order chi connectivity index (χ0) is 12.4. The molecular weight excluding hydrogens is 220 g/mol. The van der Waals surface area contributed by atoms with Gasteiger partial charge in [0.25, 0.3) is 5.69 Å². The molecule has 1 aliphatic rings. The number of nitrogens with one attached hydrogen (secondary N) is 1. The highest BCUT2D eigenvalue weighted by Gasteiger charge is 2.23. The Kier molecular flexibility index (Phi) is 3.14. The van der Waals surface area contributed by atoms with Crippen LogP contribution in [0, 0.1) is 16.0 Å². The predicted octanol–water partition coefficient (Wildman–Crippen LogP) is 1.73. The lowest BCUT2D eigenvalue weighted by Gasteiger charge is -2.19. The van der Waals surface area contributed by atoms with Crippen LogP contribution in [0.15, 0.2) is 18.2 Å². The van der Waals surface area contributed by atoms with Gasteiger partial charge in [0.15, 0.2) is 0 Å². The second-order valence-corrected chi connectivity index (χ2v) is 4.46. The lowest BCUT2D eigenvalue weighted by atomic mass is 10.2. The molecule has 3 N–H and O–H groups in total. The normalized spacial score (nSPS) is 14.5. The smallest absolute Gasteiger partial charge is 0.273 e. The Morgan fingerprint density at radius 1 is 1.53 bits per heavy atom. The topological polar surface area (TPSA) is 84.4 Å². The molecule has 17 heavy (non-hydrogen) atoms. The summed E-state index contributed by atoms with van der Waals surface area (Å²) in [6.45, 7) is 0.936. The Balaban J connectivity index is 2.24. The molecule has 0 radical (unpaired) electrons. The fraction of sp³-hybridized carbons (Fsp3) is 0.455. The SMILES string of the molecule is CN(CC1CC1)c1cc(NN)cc([N+](=O)[O-])c1. The Morgan fingerprint density at radius 2 is 2.24 bits per heavy atom. The lowest BCUT2D eigenvalue weighted by molar-refractivity contribution is -0.384. The quantitative estimate of drug-likeness (QED) is 0.462. The standard InChI is InChI=1S/C11H16N4O2/c1-14(7-8-2-3-8)10-4-9(13-12)5-11(6-10)15(16)17/h4-6,8,13H,2-3,7,12H2,1H3. The minimum Gasteiger partial charge on any atom is -0.374 e. The highest BCUT2D eigenvalue weighted by Crippen LogP contribution is 2.32. The Labute approximate surface area is 99.5 Å². The third kappa shape index (κ3) is 2.85. The first-order chi connectivity index (χ1) is 8.10. The minimum atomic E-state index is -0.407. The van der Waals surface area contributed by atoms with Crippen LogP contribution in [0.3, 0.4) is 0 Å². The van der Waals surface area contributed by atoms with Crippen molar-refractivity contribution in [1.29, 1.82) is 0 Å². The largest absolute Gasteiger partial charge is 0.374 e. The first-order valence-electron chi connectivity index (χ1n) is 5.57. The molecule has 1 aromatic carbocycles. The van der Waals surface area contributed by atoms with E-state index in [1.807, 2.05) is 18.0 Å². The summed E-state index contributed by atoms with van der Waals surface area (Å²) >= 11 is 0. The van der Waals surface area contributed by atoms with Gasteiger partial charge in [-0.1, -0.05) is 0 Å². The summed E-state index contributed by atoms with van der Waals surface area (Å²) in [6, 6.07) is 4.81. The van der Waals surface area contributed by atoms with Crippen LogP contribution in [0.4, 0.5) is 17.1 Å². The van der Waals surface area contributed by atoms with E-state index in [0.29, 0.717) is 5.69 Å². The van der Waals surface area contributed by atoms with Gasteiger partial charge >= 0.3 is 0 Å². The Hall–Kier alpha value is -1.82. The zero-order valence-corrected chi connectivity index (χ0v) is 9.72. The van der Waals surface area contributed by atoms with E-state index in [9.17, 15) is 10.1 Å². The summed E-state index contributed by atoms with van der Waals surface area (Å²) in [5, 5.41) is 10.8. The first-order valence-corrected chi connectivity index (χ1v) is 5.57. The lowest BCUT2D eigenvalue weighted by Crippen LogP contribution is -2.20. The average Bonchev–Trinajstić information content (AvgIpc) is 3.12. The number of hydrogen-bond acceptors (Lipinski definition) is 5. The van der Waals surface area contributed by atoms with Crippen LogP contribution in [0.5, 0.6) is 0 Å². The van der Waals surface area contributed by atoms with Crippen molar-refractivity contribution in [3.8, 4) is 0 Å². The fourth-order valence-corrected chi connectivity index (χ4v) is 1.80. The van der Waals surface area contributed by atoms with Gasteiger partial charge < -0.3 is 10.3 Å². The van der Waals surface area contributed by atoms with Gasteiger partial charge in [0, 0.05) is 31.4 Å². The maximum Gasteiger partial charge on any atom is 0.273 e. The summed E-state index contributed by atoms with van der Waals surface area (Å²) < 4.78 is 0. The van der Waals surface area contributed by atoms with Crippen molar-refractivity contribution in [2.45, 2.75) is 12.8 Å². The number of non-ortho nitro benzene ring substituents is 1. The van der Waals surface area contributed by atoms with Gasteiger partial charge in [-0.05, 0) is 24.8 Å². The Bertz CT molecular complexity index is 431. The molecule has 0 unspecified atom stereocenters. The van der Waals surface area contributed by atoms with Crippen molar-refractivity contribution in [2.75, 3.05) is 23.9 Å². The van der Waals surface area contributed by atoms with E-state index in [4.69, 9.17) is 5.84 Å². The molecule has 6 nitrogen and oxygen atoms in total. The maximum absolute atomic E-state index is 10.8. The summed E-state index contributed by atoms with van der Waals surface area (Å²) in [4.78, 5) is 12.4. The van der Waals surface area contributed by atoms with E-state index in [1.165, 1.54) is 18.9 Å². The van der Waals surface area contributed by atoms with Gasteiger partial charge in [0.1, 0.15) is 0 Å². The monoisotopic (exact) mass is 236 g/mol. The molecule has 1 aromatic rings. The summed E-state index contributed by atoms with van der Waals surface area (Å²) in [5.41, 5.74) is 3.88. The van der Waals surface area contributed by atoms with E-state index >= 15 is 0 Å². The Morgan fingerprint density at radius 3 is 2.76 bits per heavy atom. The van der Waals surface area contributed by atoms with E-state index < -0.39 is 4.92 Å². The van der Waals surface area contributed by atoms with Crippen LogP contribution in [-0.4, -0.2) is 18.5 Å². The molecule has 0 atom stereocenters. The molecular formula is C11H16N4O2. The molecule has 1 saturated carbocycles. The van der Waals surface area contributed by atoms with Crippen LogP contribution in [-0.2, 0) is 0 Å². The fourth-order valence-electron chi connectivity index (χ4n) is 1.80. The molecule has 92 valence electrons. The predicted molar refractivity (Wildman–Crippen MR) is 66.9 cm³/mol. The third-order valence-electron chi connectivity index (χ3n) is 2.95. The van der Waals surface area contributed by atoms with Crippen LogP contribution in [0.1, 0.15) is 12.8 Å². The molecule has 6 heteroatoms. The van der Waals surface area contributed by atoms with Gasteiger partial charge in [-0.3, -0.25) is 16.0 Å². The molecule has 0 bridgehead atoms. The van der Waals surface area contributed by atoms with E-state index in [0.717, 1.165) is 18.2 Å². The number of nitrogen functional groups attached to an aromatic ring is 1. The third-order valence-corrected chi connectivity index (χ3v) is 2.95. The van der Waals surface area contributed by atoms with Crippen LogP contribution >= 0.6 is 0 Å². The van der Waals surface area contributed by atoms with Crippen molar-refractivity contribution in [3.05, 3.63) is 28.3 Å². The zero-order valence-electron chi connectivity index (χ0n) is 9.72. The van der Waals surface area contributed by atoms with Gasteiger partial charge in [-0.15, -0.1) is 0 Å². The molecule has 0 amide bonds.